The third kappa shape index (κ3) is 2.15. The molecule has 1 unspecified atom stereocenters. The Balaban J connectivity index is 2.35. The van der Waals surface area contributed by atoms with Crippen molar-refractivity contribution in [2.45, 2.75) is 26.9 Å². The number of aromatic nitrogens is 1. The normalized spacial score (nSPS) is 12.8. The van der Waals surface area contributed by atoms with Gasteiger partial charge in [-0.05, 0) is 26.3 Å². The van der Waals surface area contributed by atoms with Gasteiger partial charge in [-0.2, -0.15) is 0 Å². The monoisotopic (exact) mass is 233 g/mol. The SMILES string of the molecule is Cc1ccc(C(O)c2sc(C)nc2C)cc1. The number of hydrogen-bond donors (Lipinski definition) is 1. The van der Waals surface area contributed by atoms with Crippen molar-refractivity contribution in [2.24, 2.45) is 0 Å². The fraction of sp³-hybridized carbons (Fsp3) is 0.308. The molecule has 0 spiro atoms. The number of aliphatic hydroxyl groups is 1. The van der Waals surface area contributed by atoms with Crippen LogP contribution in [0, 0.1) is 20.8 Å². The molecule has 3 heteroatoms. The lowest BCUT2D eigenvalue weighted by atomic mass is 10.1. The van der Waals surface area contributed by atoms with Gasteiger partial charge < -0.3 is 5.11 Å². The molecule has 0 saturated carbocycles. The summed E-state index contributed by atoms with van der Waals surface area (Å²) in [5, 5.41) is 11.2. The molecule has 0 saturated heterocycles. The van der Waals surface area contributed by atoms with Crippen LogP contribution in [0.2, 0.25) is 0 Å². The summed E-state index contributed by atoms with van der Waals surface area (Å²) in [6, 6.07) is 7.96. The van der Waals surface area contributed by atoms with Crippen LogP contribution in [0.4, 0.5) is 0 Å². The zero-order chi connectivity index (χ0) is 11.7. The smallest absolute Gasteiger partial charge is 0.115 e. The quantitative estimate of drug-likeness (QED) is 0.864. The maximum Gasteiger partial charge on any atom is 0.115 e. The van der Waals surface area contributed by atoms with Gasteiger partial charge in [0, 0.05) is 0 Å². The van der Waals surface area contributed by atoms with Crippen molar-refractivity contribution in [1.82, 2.24) is 4.98 Å². The molecule has 2 nitrogen and oxygen atoms in total. The Bertz CT molecular complexity index is 487. The van der Waals surface area contributed by atoms with Crippen molar-refractivity contribution in [1.29, 1.82) is 0 Å². The Morgan fingerprint density at radius 3 is 2.25 bits per heavy atom. The average molecular weight is 233 g/mol. The first-order chi connectivity index (χ1) is 7.58. The van der Waals surface area contributed by atoms with Crippen molar-refractivity contribution in [3.05, 3.63) is 51.0 Å². The molecule has 0 radical (unpaired) electrons. The van der Waals surface area contributed by atoms with Crippen molar-refractivity contribution >= 4 is 11.3 Å². The van der Waals surface area contributed by atoms with Gasteiger partial charge in [0.15, 0.2) is 0 Å². The van der Waals surface area contributed by atoms with Gasteiger partial charge in [-0.1, -0.05) is 29.8 Å². The van der Waals surface area contributed by atoms with Gasteiger partial charge in [0.05, 0.1) is 15.6 Å². The summed E-state index contributed by atoms with van der Waals surface area (Å²) in [7, 11) is 0. The number of aliphatic hydroxyl groups excluding tert-OH is 1. The summed E-state index contributed by atoms with van der Waals surface area (Å²) in [4.78, 5) is 5.28. The van der Waals surface area contributed by atoms with Crippen LogP contribution in [0.1, 0.15) is 32.8 Å². The highest BCUT2D eigenvalue weighted by atomic mass is 32.1. The largest absolute Gasteiger partial charge is 0.383 e. The van der Waals surface area contributed by atoms with Gasteiger partial charge in [0.25, 0.3) is 0 Å². The Morgan fingerprint density at radius 2 is 1.75 bits per heavy atom. The van der Waals surface area contributed by atoms with Crippen molar-refractivity contribution < 1.29 is 5.11 Å². The molecule has 0 fully saturated rings. The van der Waals surface area contributed by atoms with E-state index in [0.29, 0.717) is 0 Å². The van der Waals surface area contributed by atoms with E-state index in [-0.39, 0.29) is 0 Å². The number of nitrogens with zero attached hydrogens (tertiary/aromatic N) is 1. The molecule has 2 aromatic rings. The Kier molecular flexibility index (Phi) is 3.08. The second-order valence-corrected chi connectivity index (χ2v) is 5.23. The molecule has 0 aliphatic carbocycles. The molecule has 0 bridgehead atoms. The minimum atomic E-state index is -0.549. The molecule has 1 N–H and O–H groups in total. The standard InChI is InChI=1S/C13H15NOS/c1-8-4-6-11(7-5-8)12(15)13-9(2)14-10(3)16-13/h4-7,12,15H,1-3H3. The maximum atomic E-state index is 10.2. The lowest BCUT2D eigenvalue weighted by Crippen LogP contribution is -1.98. The van der Waals surface area contributed by atoms with E-state index >= 15 is 0 Å². The van der Waals surface area contributed by atoms with Crippen LogP contribution in [-0.4, -0.2) is 10.1 Å². The molecule has 2 rings (SSSR count). The van der Waals surface area contributed by atoms with Crippen LogP contribution < -0.4 is 0 Å². The molecule has 1 aromatic carbocycles. The van der Waals surface area contributed by atoms with Crippen LogP contribution in [-0.2, 0) is 0 Å². The minimum Gasteiger partial charge on any atom is -0.383 e. The van der Waals surface area contributed by atoms with Gasteiger partial charge in [-0.15, -0.1) is 11.3 Å². The molecule has 1 aromatic heterocycles. The van der Waals surface area contributed by atoms with Gasteiger partial charge in [0.1, 0.15) is 6.10 Å². The summed E-state index contributed by atoms with van der Waals surface area (Å²) in [6.45, 7) is 5.94. The number of benzene rings is 1. The van der Waals surface area contributed by atoms with Gasteiger partial charge in [-0.25, -0.2) is 4.98 Å². The molecule has 1 atom stereocenters. The minimum absolute atomic E-state index is 0.549. The average Bonchev–Trinajstić information content (AvgIpc) is 2.58. The molecule has 0 amide bonds. The molecule has 16 heavy (non-hydrogen) atoms. The van der Waals surface area contributed by atoms with Crippen LogP contribution in [0.3, 0.4) is 0 Å². The maximum absolute atomic E-state index is 10.2. The van der Waals surface area contributed by atoms with Crippen molar-refractivity contribution in [3.63, 3.8) is 0 Å². The topological polar surface area (TPSA) is 33.1 Å². The summed E-state index contributed by atoms with van der Waals surface area (Å²) in [6.07, 6.45) is -0.549. The summed E-state index contributed by atoms with van der Waals surface area (Å²) >= 11 is 1.56. The molecule has 0 aliphatic rings. The zero-order valence-corrected chi connectivity index (χ0v) is 10.5. The summed E-state index contributed by atoms with van der Waals surface area (Å²) < 4.78 is 0. The van der Waals surface area contributed by atoms with Gasteiger partial charge in [0.2, 0.25) is 0 Å². The first kappa shape index (κ1) is 11.3. The fourth-order valence-corrected chi connectivity index (χ4v) is 2.64. The number of hydrogen-bond acceptors (Lipinski definition) is 3. The number of rotatable bonds is 2. The van der Waals surface area contributed by atoms with Crippen molar-refractivity contribution in [3.8, 4) is 0 Å². The first-order valence-corrected chi connectivity index (χ1v) is 6.08. The highest BCUT2D eigenvalue weighted by Crippen LogP contribution is 2.29. The first-order valence-electron chi connectivity index (χ1n) is 5.26. The van der Waals surface area contributed by atoms with E-state index in [2.05, 4.69) is 4.98 Å². The Hall–Kier alpha value is -1.19. The second-order valence-electron chi connectivity index (χ2n) is 4.00. The third-order valence-electron chi connectivity index (χ3n) is 2.58. The van der Waals surface area contributed by atoms with E-state index in [9.17, 15) is 5.11 Å². The molecule has 84 valence electrons. The van der Waals surface area contributed by atoms with E-state index in [0.717, 1.165) is 21.1 Å². The van der Waals surface area contributed by atoms with E-state index in [1.54, 1.807) is 11.3 Å². The molecular formula is C13H15NOS. The lowest BCUT2D eigenvalue weighted by molar-refractivity contribution is 0.223. The second kappa shape index (κ2) is 4.36. The van der Waals surface area contributed by atoms with Crippen LogP contribution in [0.25, 0.3) is 0 Å². The van der Waals surface area contributed by atoms with Gasteiger partial charge >= 0.3 is 0 Å². The highest BCUT2D eigenvalue weighted by Gasteiger charge is 2.16. The highest BCUT2D eigenvalue weighted by molar-refractivity contribution is 7.11. The Labute approximate surface area is 99.6 Å². The summed E-state index contributed by atoms with van der Waals surface area (Å²) in [5.74, 6) is 0. The van der Waals surface area contributed by atoms with E-state index < -0.39 is 6.10 Å². The lowest BCUT2D eigenvalue weighted by Gasteiger charge is -2.09. The van der Waals surface area contributed by atoms with Crippen LogP contribution in [0.5, 0.6) is 0 Å². The van der Waals surface area contributed by atoms with Gasteiger partial charge in [-0.3, -0.25) is 0 Å². The van der Waals surface area contributed by atoms with Crippen LogP contribution >= 0.6 is 11.3 Å². The molecule has 0 aliphatic heterocycles. The van der Waals surface area contributed by atoms with Crippen LogP contribution in [0.15, 0.2) is 24.3 Å². The van der Waals surface area contributed by atoms with E-state index in [1.165, 1.54) is 5.56 Å². The van der Waals surface area contributed by atoms with E-state index in [1.807, 2.05) is 45.0 Å². The molecular weight excluding hydrogens is 218 g/mol. The molecule has 1 heterocycles. The predicted molar refractivity (Wildman–Crippen MR) is 66.8 cm³/mol. The third-order valence-corrected chi connectivity index (χ3v) is 3.71. The fourth-order valence-electron chi connectivity index (χ4n) is 1.70. The predicted octanol–water partition coefficient (Wildman–Crippen LogP) is 3.15. The zero-order valence-electron chi connectivity index (χ0n) is 9.69. The number of aryl methyl sites for hydroxylation is 3. The van der Waals surface area contributed by atoms with E-state index in [4.69, 9.17) is 0 Å². The summed E-state index contributed by atoms with van der Waals surface area (Å²) in [5.41, 5.74) is 3.06. The van der Waals surface area contributed by atoms with Crippen molar-refractivity contribution in [2.75, 3.05) is 0 Å². The number of thiazole rings is 1. The Morgan fingerprint density at radius 1 is 1.12 bits per heavy atom.